The van der Waals surface area contributed by atoms with Crippen LogP contribution in [-0.2, 0) is 4.74 Å². The van der Waals surface area contributed by atoms with Gasteiger partial charge in [0.1, 0.15) is 5.60 Å². The Morgan fingerprint density at radius 1 is 1.08 bits per heavy atom. The Morgan fingerprint density at radius 3 is 1.88 bits per heavy atom. The van der Waals surface area contributed by atoms with E-state index < -0.39 is 11.2 Å². The van der Waals surface area contributed by atoms with E-state index >= 15 is 0 Å². The Kier molecular flexibility index (Phi) is 7.22. The number of nitrogens with zero attached hydrogens (tertiary/aromatic N) is 3. The maximum atomic E-state index is 12.2. The molecule has 0 saturated carbocycles. The van der Waals surface area contributed by atoms with Gasteiger partial charge in [-0.1, -0.05) is 10.3 Å². The first kappa shape index (κ1) is 21.2. The molecule has 0 aliphatic carbocycles. The predicted molar refractivity (Wildman–Crippen MR) is 94.5 cm³/mol. The SMILES string of the molecule is CC(CC(O)(CC(C)=NO)C1CCN(C(=O)OC(C)(C)C)CC1)=NO. The Morgan fingerprint density at radius 2 is 1.52 bits per heavy atom. The summed E-state index contributed by atoms with van der Waals surface area (Å²) >= 11 is 0. The smallest absolute Gasteiger partial charge is 0.410 e. The molecule has 0 unspecified atom stereocenters. The minimum Gasteiger partial charge on any atom is -0.444 e. The van der Waals surface area contributed by atoms with Gasteiger partial charge in [0.25, 0.3) is 0 Å². The van der Waals surface area contributed by atoms with E-state index in [1.807, 2.05) is 20.8 Å². The van der Waals surface area contributed by atoms with E-state index in [1.165, 1.54) is 0 Å². The minimum atomic E-state index is -1.19. The summed E-state index contributed by atoms with van der Waals surface area (Å²) in [4.78, 5) is 13.8. The molecule has 1 saturated heterocycles. The summed E-state index contributed by atoms with van der Waals surface area (Å²) in [7, 11) is 0. The fourth-order valence-corrected chi connectivity index (χ4v) is 3.23. The third-order valence-corrected chi connectivity index (χ3v) is 4.37. The zero-order chi connectivity index (χ0) is 19.3. The van der Waals surface area contributed by atoms with Crippen molar-refractivity contribution in [3.8, 4) is 0 Å². The van der Waals surface area contributed by atoms with Crippen molar-refractivity contribution in [2.75, 3.05) is 13.1 Å². The molecule has 0 aromatic carbocycles. The van der Waals surface area contributed by atoms with Crippen molar-refractivity contribution >= 4 is 17.5 Å². The van der Waals surface area contributed by atoms with Gasteiger partial charge in [-0.25, -0.2) is 4.79 Å². The zero-order valence-electron chi connectivity index (χ0n) is 15.8. The standard InChI is InChI=1S/C17H31N3O5/c1-12(18-23)10-17(22,11-13(2)19-24)14-6-8-20(9-7-14)15(21)25-16(3,4)5/h14,22-24H,6-11H2,1-5H3. The van der Waals surface area contributed by atoms with Crippen LogP contribution < -0.4 is 0 Å². The van der Waals surface area contributed by atoms with Crippen LogP contribution >= 0.6 is 0 Å². The van der Waals surface area contributed by atoms with Crippen LogP contribution in [0.25, 0.3) is 0 Å². The van der Waals surface area contributed by atoms with Crippen molar-refractivity contribution in [2.45, 2.75) is 71.5 Å². The molecule has 0 aromatic heterocycles. The van der Waals surface area contributed by atoms with Crippen molar-refractivity contribution < 1.29 is 25.1 Å². The molecular weight excluding hydrogens is 326 g/mol. The maximum absolute atomic E-state index is 12.2. The Labute approximate surface area is 149 Å². The molecule has 8 nitrogen and oxygen atoms in total. The number of ether oxygens (including phenoxy) is 1. The van der Waals surface area contributed by atoms with Gasteiger partial charge < -0.3 is 25.2 Å². The molecule has 144 valence electrons. The lowest BCUT2D eigenvalue weighted by atomic mass is 9.74. The number of hydrogen-bond acceptors (Lipinski definition) is 7. The molecule has 0 spiro atoms. The highest BCUT2D eigenvalue weighted by Crippen LogP contribution is 2.35. The van der Waals surface area contributed by atoms with Crippen LogP contribution in [0.5, 0.6) is 0 Å². The van der Waals surface area contributed by atoms with E-state index in [0.29, 0.717) is 37.4 Å². The third-order valence-electron chi connectivity index (χ3n) is 4.37. The second kappa shape index (κ2) is 8.51. The summed E-state index contributed by atoms with van der Waals surface area (Å²) in [6, 6.07) is 0. The van der Waals surface area contributed by atoms with E-state index in [4.69, 9.17) is 15.2 Å². The minimum absolute atomic E-state index is 0.111. The highest BCUT2D eigenvalue weighted by Gasteiger charge is 2.40. The molecule has 0 atom stereocenters. The Bertz CT molecular complexity index is 497. The quantitative estimate of drug-likeness (QED) is 0.397. The van der Waals surface area contributed by atoms with Gasteiger partial charge in [-0.15, -0.1) is 0 Å². The lowest BCUT2D eigenvalue weighted by molar-refractivity contribution is -0.0380. The number of likely N-dealkylation sites (tertiary alicyclic amines) is 1. The van der Waals surface area contributed by atoms with Crippen LogP contribution in [0, 0.1) is 5.92 Å². The molecule has 1 aliphatic heterocycles. The largest absolute Gasteiger partial charge is 0.444 e. The van der Waals surface area contributed by atoms with Crippen LogP contribution in [-0.4, -0.2) is 62.2 Å². The van der Waals surface area contributed by atoms with Gasteiger partial charge in [0.2, 0.25) is 0 Å². The Hall–Kier alpha value is -1.83. The van der Waals surface area contributed by atoms with Crippen molar-refractivity contribution in [3.63, 3.8) is 0 Å². The van der Waals surface area contributed by atoms with Gasteiger partial charge in [-0.2, -0.15) is 0 Å². The normalized spacial score (nSPS) is 20.3. The van der Waals surface area contributed by atoms with E-state index in [9.17, 15) is 9.90 Å². The Balaban J connectivity index is 2.79. The molecule has 0 aromatic rings. The molecular formula is C17H31N3O5. The predicted octanol–water partition coefficient (Wildman–Crippen LogP) is 2.85. The van der Waals surface area contributed by atoms with Gasteiger partial charge in [0, 0.05) is 25.9 Å². The van der Waals surface area contributed by atoms with Crippen LogP contribution in [0.15, 0.2) is 10.3 Å². The number of carbonyl (C=O) groups is 1. The molecule has 1 heterocycles. The van der Waals surface area contributed by atoms with Crippen LogP contribution in [0.1, 0.15) is 60.3 Å². The first-order valence-corrected chi connectivity index (χ1v) is 8.56. The summed E-state index contributed by atoms with van der Waals surface area (Å²) in [5, 5.41) is 35.3. The zero-order valence-corrected chi connectivity index (χ0v) is 15.8. The van der Waals surface area contributed by atoms with Crippen molar-refractivity contribution in [2.24, 2.45) is 16.2 Å². The third kappa shape index (κ3) is 6.53. The van der Waals surface area contributed by atoms with Crippen LogP contribution in [0.3, 0.4) is 0 Å². The molecule has 1 fully saturated rings. The average Bonchev–Trinajstić information content (AvgIpc) is 2.53. The number of hydrogen-bond donors (Lipinski definition) is 3. The molecule has 3 N–H and O–H groups in total. The molecule has 8 heteroatoms. The monoisotopic (exact) mass is 357 g/mol. The molecule has 1 rings (SSSR count). The number of rotatable bonds is 5. The fourth-order valence-electron chi connectivity index (χ4n) is 3.23. The van der Waals surface area contributed by atoms with Crippen molar-refractivity contribution in [1.82, 2.24) is 4.90 Å². The lowest BCUT2D eigenvalue weighted by Gasteiger charge is -2.41. The summed E-state index contributed by atoms with van der Waals surface area (Å²) < 4.78 is 5.38. The average molecular weight is 357 g/mol. The number of oxime groups is 2. The molecule has 25 heavy (non-hydrogen) atoms. The van der Waals surface area contributed by atoms with Gasteiger partial charge in [-0.05, 0) is 53.4 Å². The second-order valence-corrected chi connectivity index (χ2v) is 7.87. The van der Waals surface area contributed by atoms with Gasteiger partial charge in [0.15, 0.2) is 0 Å². The fraction of sp³-hybridized carbons (Fsp3) is 0.824. The van der Waals surface area contributed by atoms with Gasteiger partial charge in [-0.3, -0.25) is 0 Å². The molecule has 1 amide bonds. The van der Waals surface area contributed by atoms with Crippen LogP contribution in [0.4, 0.5) is 4.79 Å². The molecule has 0 bridgehead atoms. The van der Waals surface area contributed by atoms with Crippen molar-refractivity contribution in [3.05, 3.63) is 0 Å². The number of aliphatic hydroxyl groups is 1. The summed E-state index contributed by atoms with van der Waals surface area (Å²) in [5.41, 5.74) is -0.921. The van der Waals surface area contributed by atoms with Crippen molar-refractivity contribution in [1.29, 1.82) is 0 Å². The van der Waals surface area contributed by atoms with E-state index in [1.54, 1.807) is 18.7 Å². The topological polar surface area (TPSA) is 115 Å². The highest BCUT2D eigenvalue weighted by molar-refractivity contribution is 5.86. The number of amides is 1. The molecule has 0 radical (unpaired) electrons. The van der Waals surface area contributed by atoms with Gasteiger partial charge >= 0.3 is 6.09 Å². The molecule has 1 aliphatic rings. The number of carbonyl (C=O) groups excluding carboxylic acids is 1. The van der Waals surface area contributed by atoms with E-state index in [2.05, 4.69) is 10.3 Å². The summed E-state index contributed by atoms with van der Waals surface area (Å²) in [6.07, 6.45) is 1.18. The first-order chi connectivity index (χ1) is 11.5. The summed E-state index contributed by atoms with van der Waals surface area (Å²) in [6.45, 7) is 9.69. The lowest BCUT2D eigenvalue weighted by Crippen LogP contribution is -2.49. The van der Waals surface area contributed by atoms with Crippen LogP contribution in [0.2, 0.25) is 0 Å². The number of piperidine rings is 1. The second-order valence-electron chi connectivity index (χ2n) is 7.87. The summed E-state index contributed by atoms with van der Waals surface area (Å²) in [5.74, 6) is -0.111. The maximum Gasteiger partial charge on any atom is 0.410 e. The highest BCUT2D eigenvalue weighted by atomic mass is 16.6. The van der Waals surface area contributed by atoms with E-state index in [-0.39, 0.29) is 24.9 Å². The first-order valence-electron chi connectivity index (χ1n) is 8.56. The van der Waals surface area contributed by atoms with Gasteiger partial charge in [0.05, 0.1) is 17.0 Å². The van der Waals surface area contributed by atoms with E-state index in [0.717, 1.165) is 0 Å².